The maximum atomic E-state index is 13.9. The van der Waals surface area contributed by atoms with E-state index in [0.717, 1.165) is 11.4 Å². The molecule has 0 aliphatic carbocycles. The van der Waals surface area contributed by atoms with E-state index in [4.69, 9.17) is 11.6 Å². The van der Waals surface area contributed by atoms with E-state index in [1.54, 1.807) is 17.3 Å². The molecule has 1 aromatic heterocycles. The summed E-state index contributed by atoms with van der Waals surface area (Å²) in [6.45, 7) is 3.53. The molecule has 1 N–H and O–H groups in total. The Bertz CT molecular complexity index is 681. The second kappa shape index (κ2) is 8.26. The number of H-pyrrole nitrogens is 1. The third kappa shape index (κ3) is 4.79. The fraction of sp³-hybridized carbons (Fsp3) is 0.412. The van der Waals surface area contributed by atoms with E-state index in [9.17, 15) is 9.18 Å². The summed E-state index contributed by atoms with van der Waals surface area (Å²) in [6.07, 6.45) is 1.54. The smallest absolute Gasteiger partial charge is 0.227 e. The SMILES string of the molecule is Cc1[nH]cnc1CN(CCN(C)C)C(=O)Cc1c(F)cccc1Cl. The van der Waals surface area contributed by atoms with Gasteiger partial charge in [-0.3, -0.25) is 4.79 Å². The van der Waals surface area contributed by atoms with Crippen LogP contribution in [0.5, 0.6) is 0 Å². The van der Waals surface area contributed by atoms with Crippen molar-refractivity contribution in [3.05, 3.63) is 52.3 Å². The molecule has 0 saturated carbocycles. The zero-order chi connectivity index (χ0) is 17.7. The maximum absolute atomic E-state index is 13.9. The van der Waals surface area contributed by atoms with Gasteiger partial charge in [0.1, 0.15) is 5.82 Å². The van der Waals surface area contributed by atoms with Gasteiger partial charge in [0, 0.05) is 29.4 Å². The number of aryl methyl sites for hydroxylation is 1. The molecule has 5 nitrogen and oxygen atoms in total. The minimum atomic E-state index is -0.459. The van der Waals surface area contributed by atoms with E-state index in [0.29, 0.717) is 19.6 Å². The molecule has 0 bridgehead atoms. The lowest BCUT2D eigenvalue weighted by atomic mass is 10.1. The summed E-state index contributed by atoms with van der Waals surface area (Å²) in [5.74, 6) is -0.634. The number of aromatic amines is 1. The molecule has 0 fully saturated rings. The van der Waals surface area contributed by atoms with Gasteiger partial charge in [0.2, 0.25) is 5.91 Å². The van der Waals surface area contributed by atoms with Gasteiger partial charge in [-0.2, -0.15) is 0 Å². The number of benzene rings is 1. The van der Waals surface area contributed by atoms with Crippen LogP contribution in [0.3, 0.4) is 0 Å². The Kier molecular flexibility index (Phi) is 6.34. The highest BCUT2D eigenvalue weighted by molar-refractivity contribution is 6.31. The Morgan fingerprint density at radius 1 is 1.33 bits per heavy atom. The molecule has 0 atom stereocenters. The molecular formula is C17H22ClFN4O. The minimum absolute atomic E-state index is 0.0671. The number of hydrogen-bond acceptors (Lipinski definition) is 3. The standard InChI is InChI=1S/C17H22ClFN4O/c1-12-16(21-11-20-12)10-23(8-7-22(2)3)17(24)9-13-14(18)5-4-6-15(13)19/h4-6,11H,7-10H2,1-3H3,(H,20,21). The monoisotopic (exact) mass is 352 g/mol. The number of rotatable bonds is 7. The quantitative estimate of drug-likeness (QED) is 0.833. The van der Waals surface area contributed by atoms with E-state index in [1.165, 1.54) is 12.1 Å². The molecule has 24 heavy (non-hydrogen) atoms. The van der Waals surface area contributed by atoms with Gasteiger partial charge in [0.15, 0.2) is 0 Å². The molecule has 0 aliphatic rings. The molecule has 1 amide bonds. The first-order valence-corrected chi connectivity index (χ1v) is 8.10. The summed E-state index contributed by atoms with van der Waals surface area (Å²) in [5.41, 5.74) is 1.96. The highest BCUT2D eigenvalue weighted by Crippen LogP contribution is 2.20. The van der Waals surface area contributed by atoms with Gasteiger partial charge in [-0.1, -0.05) is 17.7 Å². The molecular weight excluding hydrogens is 331 g/mol. The lowest BCUT2D eigenvalue weighted by Crippen LogP contribution is -2.37. The molecule has 7 heteroatoms. The van der Waals surface area contributed by atoms with Crippen LogP contribution >= 0.6 is 11.6 Å². The summed E-state index contributed by atoms with van der Waals surface area (Å²) in [7, 11) is 3.88. The number of carbonyl (C=O) groups excluding carboxylic acids is 1. The van der Waals surface area contributed by atoms with E-state index in [2.05, 4.69) is 9.97 Å². The molecule has 0 saturated heterocycles. The first kappa shape index (κ1) is 18.4. The van der Waals surface area contributed by atoms with Crippen molar-refractivity contribution in [3.63, 3.8) is 0 Å². The summed E-state index contributed by atoms with van der Waals surface area (Å²) >= 11 is 6.04. The van der Waals surface area contributed by atoms with Gasteiger partial charge in [-0.15, -0.1) is 0 Å². The van der Waals surface area contributed by atoms with Crippen molar-refractivity contribution < 1.29 is 9.18 Å². The third-order valence-electron chi connectivity index (χ3n) is 3.83. The molecule has 0 aliphatic heterocycles. The zero-order valence-corrected chi connectivity index (χ0v) is 14.9. The molecule has 2 rings (SSSR count). The average Bonchev–Trinajstić information content (AvgIpc) is 2.92. The topological polar surface area (TPSA) is 52.2 Å². The molecule has 1 aromatic carbocycles. The Morgan fingerprint density at radius 2 is 2.08 bits per heavy atom. The van der Waals surface area contributed by atoms with Gasteiger partial charge in [0.05, 0.1) is 25.0 Å². The second-order valence-electron chi connectivity index (χ2n) is 5.97. The van der Waals surface area contributed by atoms with Gasteiger partial charge in [0.25, 0.3) is 0 Å². The molecule has 0 radical (unpaired) electrons. The number of carbonyl (C=O) groups is 1. The maximum Gasteiger partial charge on any atom is 0.227 e. The van der Waals surface area contributed by atoms with Crippen molar-refractivity contribution in [1.29, 1.82) is 0 Å². The van der Waals surface area contributed by atoms with E-state index in [-0.39, 0.29) is 22.9 Å². The number of likely N-dealkylation sites (N-methyl/N-ethyl adjacent to an activating group) is 1. The average molecular weight is 353 g/mol. The summed E-state index contributed by atoms with van der Waals surface area (Å²) in [6, 6.07) is 4.44. The van der Waals surface area contributed by atoms with Crippen molar-refractivity contribution in [2.45, 2.75) is 19.9 Å². The van der Waals surface area contributed by atoms with Crippen LogP contribution in [-0.2, 0) is 17.8 Å². The Balaban J connectivity index is 2.16. The van der Waals surface area contributed by atoms with E-state index < -0.39 is 5.82 Å². The van der Waals surface area contributed by atoms with Crippen LogP contribution in [0.4, 0.5) is 4.39 Å². The Morgan fingerprint density at radius 3 is 2.67 bits per heavy atom. The normalized spacial score (nSPS) is 11.1. The van der Waals surface area contributed by atoms with Crippen molar-refractivity contribution in [2.75, 3.05) is 27.2 Å². The van der Waals surface area contributed by atoms with Crippen LogP contribution in [-0.4, -0.2) is 52.9 Å². The van der Waals surface area contributed by atoms with Gasteiger partial charge >= 0.3 is 0 Å². The van der Waals surface area contributed by atoms with Gasteiger partial charge in [-0.05, 0) is 33.2 Å². The van der Waals surface area contributed by atoms with Crippen molar-refractivity contribution >= 4 is 17.5 Å². The van der Waals surface area contributed by atoms with Crippen LogP contribution in [0.15, 0.2) is 24.5 Å². The highest BCUT2D eigenvalue weighted by atomic mass is 35.5. The first-order chi connectivity index (χ1) is 11.4. The first-order valence-electron chi connectivity index (χ1n) is 7.72. The number of amides is 1. The summed E-state index contributed by atoms with van der Waals surface area (Å²) in [5, 5.41) is 0.270. The number of imidazole rings is 1. The highest BCUT2D eigenvalue weighted by Gasteiger charge is 2.19. The summed E-state index contributed by atoms with van der Waals surface area (Å²) < 4.78 is 13.9. The Labute approximate surface area is 146 Å². The van der Waals surface area contributed by atoms with Crippen LogP contribution in [0.1, 0.15) is 17.0 Å². The fourth-order valence-corrected chi connectivity index (χ4v) is 2.53. The van der Waals surface area contributed by atoms with Gasteiger partial charge in [-0.25, -0.2) is 9.37 Å². The largest absolute Gasteiger partial charge is 0.348 e. The number of aromatic nitrogens is 2. The minimum Gasteiger partial charge on any atom is -0.348 e. The fourth-order valence-electron chi connectivity index (χ4n) is 2.30. The van der Waals surface area contributed by atoms with E-state index in [1.807, 2.05) is 25.9 Å². The molecule has 130 valence electrons. The number of halogens is 2. The van der Waals surface area contributed by atoms with Crippen LogP contribution in [0, 0.1) is 12.7 Å². The predicted molar refractivity (Wildman–Crippen MR) is 92.4 cm³/mol. The van der Waals surface area contributed by atoms with Crippen molar-refractivity contribution in [3.8, 4) is 0 Å². The lowest BCUT2D eigenvalue weighted by molar-refractivity contribution is -0.131. The predicted octanol–water partition coefficient (Wildman–Crippen LogP) is 2.64. The van der Waals surface area contributed by atoms with Gasteiger partial charge < -0.3 is 14.8 Å². The molecule has 0 spiro atoms. The van der Waals surface area contributed by atoms with E-state index >= 15 is 0 Å². The Hall–Kier alpha value is -1.92. The molecule has 1 heterocycles. The zero-order valence-electron chi connectivity index (χ0n) is 14.1. The summed E-state index contributed by atoms with van der Waals surface area (Å²) in [4.78, 5) is 23.6. The van der Waals surface area contributed by atoms with Crippen LogP contribution in [0.2, 0.25) is 5.02 Å². The van der Waals surface area contributed by atoms with Crippen molar-refractivity contribution in [2.24, 2.45) is 0 Å². The van der Waals surface area contributed by atoms with Crippen LogP contribution < -0.4 is 0 Å². The number of nitrogens with one attached hydrogen (secondary N) is 1. The molecule has 0 unspecified atom stereocenters. The number of hydrogen-bond donors (Lipinski definition) is 1. The van der Waals surface area contributed by atoms with Crippen LogP contribution in [0.25, 0.3) is 0 Å². The van der Waals surface area contributed by atoms with Crippen molar-refractivity contribution in [1.82, 2.24) is 19.8 Å². The lowest BCUT2D eigenvalue weighted by Gasteiger charge is -2.24. The third-order valence-corrected chi connectivity index (χ3v) is 4.19. The second-order valence-corrected chi connectivity index (χ2v) is 6.38. The molecule has 2 aromatic rings. The number of nitrogens with zero attached hydrogens (tertiary/aromatic N) is 3.